The number of rotatable bonds is 3. The van der Waals surface area contributed by atoms with Gasteiger partial charge in [-0.3, -0.25) is 0 Å². The molecule has 0 nitrogen and oxygen atoms in total. The summed E-state index contributed by atoms with van der Waals surface area (Å²) in [7, 11) is 0. The average molecular weight is 374 g/mol. The van der Waals surface area contributed by atoms with Gasteiger partial charge in [0.2, 0.25) is 0 Å². The van der Waals surface area contributed by atoms with E-state index in [1.165, 1.54) is 0 Å². The maximum Gasteiger partial charge on any atom is 0.417 e. The highest BCUT2D eigenvalue weighted by Crippen LogP contribution is 2.44. The standard InChI is InChI=1S/C20H20F6/c1-11(2)14-6-5-7-15(12(3)4)18(14)16-9-8-13(19(21,22)23)10-17(16)20(24,25)26/h5-12H,1-4H3. The molecular formula is C20H20F6. The van der Waals surface area contributed by atoms with Gasteiger partial charge < -0.3 is 0 Å². The van der Waals surface area contributed by atoms with Gasteiger partial charge in [0.05, 0.1) is 11.1 Å². The van der Waals surface area contributed by atoms with Gasteiger partial charge in [0.1, 0.15) is 0 Å². The van der Waals surface area contributed by atoms with Gasteiger partial charge in [-0.05, 0) is 46.2 Å². The Morgan fingerprint density at radius 1 is 0.692 bits per heavy atom. The number of hydrogen-bond donors (Lipinski definition) is 0. The molecule has 0 aliphatic rings. The van der Waals surface area contributed by atoms with Crippen molar-refractivity contribution in [1.82, 2.24) is 0 Å². The minimum atomic E-state index is -4.89. The normalized spacial score (nSPS) is 12.9. The lowest BCUT2D eigenvalue weighted by Crippen LogP contribution is -2.13. The number of halogens is 6. The summed E-state index contributed by atoms with van der Waals surface area (Å²) in [5.74, 6) is -0.154. The maximum atomic E-state index is 13.6. The van der Waals surface area contributed by atoms with Crippen LogP contribution in [0, 0.1) is 0 Å². The molecule has 2 aromatic rings. The summed E-state index contributed by atoms with van der Waals surface area (Å²) in [5, 5.41) is 0. The van der Waals surface area contributed by atoms with Gasteiger partial charge in [-0.15, -0.1) is 0 Å². The minimum Gasteiger partial charge on any atom is -0.166 e. The second-order valence-electron chi connectivity index (χ2n) is 6.88. The third-order valence-corrected chi connectivity index (χ3v) is 4.29. The van der Waals surface area contributed by atoms with Crippen molar-refractivity contribution in [1.29, 1.82) is 0 Å². The highest BCUT2D eigenvalue weighted by molar-refractivity contribution is 5.76. The Labute approximate surface area is 148 Å². The molecule has 26 heavy (non-hydrogen) atoms. The number of alkyl halides is 6. The summed E-state index contributed by atoms with van der Waals surface area (Å²) in [6, 6.07) is 7.08. The van der Waals surface area contributed by atoms with Crippen LogP contribution < -0.4 is 0 Å². The molecule has 0 spiro atoms. The topological polar surface area (TPSA) is 0 Å². The fourth-order valence-corrected chi connectivity index (χ4v) is 3.04. The molecule has 0 heterocycles. The molecule has 0 aromatic heterocycles. The van der Waals surface area contributed by atoms with E-state index in [1.807, 2.05) is 27.7 Å². The molecule has 0 aliphatic heterocycles. The van der Waals surface area contributed by atoms with Crippen LogP contribution in [-0.4, -0.2) is 0 Å². The largest absolute Gasteiger partial charge is 0.417 e. The summed E-state index contributed by atoms with van der Waals surface area (Å²) in [5.41, 5.74) is -1.04. The summed E-state index contributed by atoms with van der Waals surface area (Å²) in [6.07, 6.45) is -9.73. The van der Waals surface area contributed by atoms with Crippen LogP contribution >= 0.6 is 0 Å². The highest BCUT2D eigenvalue weighted by Gasteiger charge is 2.39. The molecule has 0 unspecified atom stereocenters. The van der Waals surface area contributed by atoms with Crippen molar-refractivity contribution in [2.75, 3.05) is 0 Å². The Hall–Kier alpha value is -1.98. The van der Waals surface area contributed by atoms with E-state index in [-0.39, 0.29) is 23.5 Å². The Bertz CT molecular complexity index is 756. The molecule has 0 saturated heterocycles. The van der Waals surface area contributed by atoms with Crippen molar-refractivity contribution in [3.8, 4) is 11.1 Å². The lowest BCUT2D eigenvalue weighted by Gasteiger charge is -2.23. The Morgan fingerprint density at radius 3 is 1.58 bits per heavy atom. The van der Waals surface area contributed by atoms with Crippen LogP contribution in [0.1, 0.15) is 61.8 Å². The fourth-order valence-electron chi connectivity index (χ4n) is 3.04. The van der Waals surface area contributed by atoms with Gasteiger partial charge in [-0.25, -0.2) is 0 Å². The molecule has 0 bridgehead atoms. The van der Waals surface area contributed by atoms with E-state index in [1.54, 1.807) is 18.2 Å². The summed E-state index contributed by atoms with van der Waals surface area (Å²) in [6.45, 7) is 7.39. The zero-order valence-corrected chi connectivity index (χ0v) is 14.9. The average Bonchev–Trinajstić information content (AvgIpc) is 2.51. The van der Waals surface area contributed by atoms with Crippen molar-refractivity contribution in [3.63, 3.8) is 0 Å². The number of hydrogen-bond acceptors (Lipinski definition) is 0. The van der Waals surface area contributed by atoms with Gasteiger partial charge in [0, 0.05) is 0 Å². The van der Waals surface area contributed by atoms with Gasteiger partial charge in [0.25, 0.3) is 0 Å². The molecule has 0 atom stereocenters. The molecule has 0 radical (unpaired) electrons. The van der Waals surface area contributed by atoms with Crippen molar-refractivity contribution < 1.29 is 26.3 Å². The van der Waals surface area contributed by atoms with Gasteiger partial charge >= 0.3 is 12.4 Å². The van der Waals surface area contributed by atoms with E-state index in [0.29, 0.717) is 22.8 Å². The van der Waals surface area contributed by atoms with Crippen LogP contribution in [0.2, 0.25) is 0 Å². The molecule has 6 heteroatoms. The van der Waals surface area contributed by atoms with Gasteiger partial charge in [-0.2, -0.15) is 26.3 Å². The second-order valence-corrected chi connectivity index (χ2v) is 6.88. The molecule has 0 saturated carbocycles. The predicted molar refractivity (Wildman–Crippen MR) is 90.1 cm³/mol. The first-order valence-corrected chi connectivity index (χ1v) is 8.25. The SMILES string of the molecule is CC(C)c1cccc(C(C)C)c1-c1ccc(C(F)(F)F)cc1C(F)(F)F. The van der Waals surface area contributed by atoms with Crippen molar-refractivity contribution in [2.45, 2.75) is 51.9 Å². The van der Waals surface area contributed by atoms with Crippen LogP contribution in [0.5, 0.6) is 0 Å². The Kier molecular flexibility index (Phi) is 5.45. The lowest BCUT2D eigenvalue weighted by molar-refractivity contribution is -0.142. The van der Waals surface area contributed by atoms with E-state index < -0.39 is 23.5 Å². The van der Waals surface area contributed by atoms with Crippen LogP contribution in [0.4, 0.5) is 26.3 Å². The number of benzene rings is 2. The van der Waals surface area contributed by atoms with Crippen LogP contribution in [-0.2, 0) is 12.4 Å². The second kappa shape index (κ2) is 6.97. The van der Waals surface area contributed by atoms with E-state index in [0.717, 1.165) is 6.07 Å². The van der Waals surface area contributed by atoms with E-state index in [2.05, 4.69) is 0 Å². The first-order chi connectivity index (χ1) is 11.8. The molecule has 2 rings (SSSR count). The van der Waals surface area contributed by atoms with Crippen molar-refractivity contribution in [3.05, 3.63) is 58.7 Å². The van der Waals surface area contributed by atoms with Crippen molar-refractivity contribution in [2.24, 2.45) is 0 Å². The molecule has 2 aromatic carbocycles. The Morgan fingerprint density at radius 2 is 1.19 bits per heavy atom. The third kappa shape index (κ3) is 4.05. The molecule has 0 aliphatic carbocycles. The molecule has 142 valence electrons. The van der Waals surface area contributed by atoms with Crippen molar-refractivity contribution >= 4 is 0 Å². The van der Waals surface area contributed by atoms with Crippen LogP contribution in [0.25, 0.3) is 11.1 Å². The van der Waals surface area contributed by atoms with Crippen LogP contribution in [0.3, 0.4) is 0 Å². The molecule has 0 amide bonds. The summed E-state index contributed by atoms with van der Waals surface area (Å²) >= 11 is 0. The monoisotopic (exact) mass is 374 g/mol. The lowest BCUT2D eigenvalue weighted by atomic mass is 9.83. The van der Waals surface area contributed by atoms with E-state index >= 15 is 0 Å². The zero-order chi connectivity index (χ0) is 19.9. The van der Waals surface area contributed by atoms with Crippen LogP contribution in [0.15, 0.2) is 36.4 Å². The predicted octanol–water partition coefficient (Wildman–Crippen LogP) is 7.64. The first kappa shape index (κ1) is 20.3. The summed E-state index contributed by atoms with van der Waals surface area (Å²) in [4.78, 5) is 0. The molecular weight excluding hydrogens is 354 g/mol. The third-order valence-electron chi connectivity index (χ3n) is 4.29. The first-order valence-electron chi connectivity index (χ1n) is 8.25. The minimum absolute atomic E-state index is 0.0768. The summed E-state index contributed by atoms with van der Waals surface area (Å²) < 4.78 is 79.6. The van der Waals surface area contributed by atoms with Gasteiger partial charge in [0.15, 0.2) is 0 Å². The molecule has 0 fully saturated rings. The Balaban J connectivity index is 2.89. The molecule has 0 N–H and O–H groups in total. The fraction of sp³-hybridized carbons (Fsp3) is 0.400. The highest BCUT2D eigenvalue weighted by atomic mass is 19.4. The van der Waals surface area contributed by atoms with E-state index in [9.17, 15) is 26.3 Å². The van der Waals surface area contributed by atoms with E-state index in [4.69, 9.17) is 0 Å². The quantitative estimate of drug-likeness (QED) is 0.484. The smallest absolute Gasteiger partial charge is 0.166 e. The zero-order valence-electron chi connectivity index (χ0n) is 14.9. The van der Waals surface area contributed by atoms with Gasteiger partial charge in [-0.1, -0.05) is 52.0 Å². The maximum absolute atomic E-state index is 13.6.